The van der Waals surface area contributed by atoms with Gasteiger partial charge in [0, 0.05) is 5.56 Å². The van der Waals surface area contributed by atoms with Gasteiger partial charge in [-0.1, -0.05) is 74.5 Å². The van der Waals surface area contributed by atoms with E-state index >= 15 is 0 Å². The van der Waals surface area contributed by atoms with Crippen molar-refractivity contribution in [3.8, 4) is 0 Å². The highest BCUT2D eigenvalue weighted by Gasteiger charge is 2.50. The van der Waals surface area contributed by atoms with Crippen molar-refractivity contribution in [1.82, 2.24) is 10.2 Å². The largest absolute Gasteiger partial charge is 0.447 e. The summed E-state index contributed by atoms with van der Waals surface area (Å²) in [6.07, 6.45) is -1.47. The minimum atomic E-state index is -0.750. The van der Waals surface area contributed by atoms with Crippen molar-refractivity contribution >= 4 is 12.0 Å². The molecule has 2 aliphatic heterocycles. The smallest absolute Gasteiger partial charge is 0.411 e. The highest BCUT2D eigenvalue weighted by molar-refractivity contribution is 5.88. The summed E-state index contributed by atoms with van der Waals surface area (Å²) in [5, 5.41) is 2.93. The summed E-state index contributed by atoms with van der Waals surface area (Å²) in [5.41, 5.74) is 1.82. The molecule has 4 atom stereocenters. The molecular formula is C22H24N2O4. The van der Waals surface area contributed by atoms with Gasteiger partial charge in [-0.05, 0) is 11.5 Å². The third-order valence-electron chi connectivity index (χ3n) is 5.30. The molecule has 1 N–H and O–H groups in total. The number of carbonyl (C=O) groups is 2. The van der Waals surface area contributed by atoms with Gasteiger partial charge in [-0.15, -0.1) is 0 Å². The summed E-state index contributed by atoms with van der Waals surface area (Å²) >= 11 is 0. The summed E-state index contributed by atoms with van der Waals surface area (Å²) < 4.78 is 11.6. The molecule has 6 heteroatoms. The molecular weight excluding hydrogens is 356 g/mol. The van der Waals surface area contributed by atoms with Crippen molar-refractivity contribution in [3.63, 3.8) is 0 Å². The molecule has 2 aromatic rings. The first-order chi connectivity index (χ1) is 13.6. The van der Waals surface area contributed by atoms with Gasteiger partial charge < -0.3 is 14.8 Å². The maximum Gasteiger partial charge on any atom is 0.411 e. The normalized spacial score (nSPS) is 27.6. The van der Waals surface area contributed by atoms with Gasteiger partial charge in [-0.2, -0.15) is 0 Å². The zero-order valence-corrected chi connectivity index (χ0v) is 15.9. The van der Waals surface area contributed by atoms with Gasteiger partial charge in [0.15, 0.2) is 6.23 Å². The highest BCUT2D eigenvalue weighted by atomic mass is 16.6. The average Bonchev–Trinajstić information content (AvgIpc) is 3.09. The topological polar surface area (TPSA) is 67.9 Å². The van der Waals surface area contributed by atoms with Crippen molar-refractivity contribution < 1.29 is 19.1 Å². The monoisotopic (exact) mass is 380 g/mol. The molecule has 2 heterocycles. The summed E-state index contributed by atoms with van der Waals surface area (Å²) in [7, 11) is 0. The molecule has 0 radical (unpaired) electrons. The van der Waals surface area contributed by atoms with Crippen LogP contribution in [-0.2, 0) is 14.3 Å². The Morgan fingerprint density at radius 2 is 1.57 bits per heavy atom. The molecule has 2 aromatic carbocycles. The zero-order chi connectivity index (χ0) is 19.7. The Hall–Kier alpha value is -2.86. The van der Waals surface area contributed by atoms with Crippen LogP contribution in [0.4, 0.5) is 4.79 Å². The van der Waals surface area contributed by atoms with Crippen molar-refractivity contribution in [3.05, 3.63) is 71.8 Å². The van der Waals surface area contributed by atoms with Gasteiger partial charge in [-0.25, -0.2) is 4.79 Å². The number of nitrogens with one attached hydrogen (secondary N) is 1. The van der Waals surface area contributed by atoms with Crippen molar-refractivity contribution in [2.45, 2.75) is 38.3 Å². The van der Waals surface area contributed by atoms with E-state index in [2.05, 4.69) is 5.32 Å². The van der Waals surface area contributed by atoms with E-state index in [1.54, 1.807) is 0 Å². The van der Waals surface area contributed by atoms with Gasteiger partial charge in [0.05, 0.1) is 12.1 Å². The van der Waals surface area contributed by atoms with E-state index in [-0.39, 0.29) is 24.5 Å². The molecule has 4 rings (SSSR count). The number of cyclic esters (lactones) is 1. The van der Waals surface area contributed by atoms with E-state index in [1.165, 1.54) is 4.90 Å². The third-order valence-corrected chi connectivity index (χ3v) is 5.30. The lowest BCUT2D eigenvalue weighted by atomic mass is 9.93. The molecule has 0 unspecified atom stereocenters. The van der Waals surface area contributed by atoms with Crippen LogP contribution >= 0.6 is 0 Å². The Balaban J connectivity index is 1.65. The fourth-order valence-corrected chi connectivity index (χ4v) is 3.90. The summed E-state index contributed by atoms with van der Waals surface area (Å²) in [5.74, 6) is -0.189. The Morgan fingerprint density at radius 3 is 2.18 bits per heavy atom. The SMILES string of the molecule is CC(C)[C@H]1O[C@H](c2ccccc2)NC(=O)[C@@H]1N1C(=O)OC[C@@H]1c1ccccc1. The van der Waals surface area contributed by atoms with Gasteiger partial charge >= 0.3 is 6.09 Å². The maximum atomic E-state index is 13.2. The molecule has 2 aliphatic rings. The molecule has 0 spiro atoms. The summed E-state index contributed by atoms with van der Waals surface area (Å²) in [6, 6.07) is 18.1. The van der Waals surface area contributed by atoms with Crippen molar-refractivity contribution in [2.24, 2.45) is 5.92 Å². The Kier molecular flexibility index (Phi) is 5.05. The fourth-order valence-electron chi connectivity index (χ4n) is 3.90. The van der Waals surface area contributed by atoms with E-state index in [4.69, 9.17) is 9.47 Å². The number of amides is 2. The van der Waals surface area contributed by atoms with Crippen LogP contribution < -0.4 is 5.32 Å². The lowest BCUT2D eigenvalue weighted by Crippen LogP contribution is -2.61. The first-order valence-electron chi connectivity index (χ1n) is 9.57. The molecule has 28 heavy (non-hydrogen) atoms. The standard InChI is InChI=1S/C22H24N2O4/c1-14(2)19-18(20(25)23-21(28-19)16-11-7-4-8-12-16)24-17(13-27-22(24)26)15-9-5-3-6-10-15/h3-12,14,17-19,21H,13H2,1-2H3,(H,23,25)/t17-,18-,19-,21-/m1/s1. The predicted octanol–water partition coefficient (Wildman–Crippen LogP) is 3.42. The number of ether oxygens (including phenoxy) is 2. The lowest BCUT2D eigenvalue weighted by molar-refractivity contribution is -0.162. The summed E-state index contributed by atoms with van der Waals surface area (Å²) in [4.78, 5) is 27.3. The van der Waals surface area contributed by atoms with Crippen LogP contribution in [-0.4, -0.2) is 35.7 Å². The van der Waals surface area contributed by atoms with Crippen LogP contribution in [0.1, 0.15) is 37.2 Å². The first kappa shape index (κ1) is 18.5. The number of benzene rings is 2. The molecule has 0 aromatic heterocycles. The number of nitrogens with zero attached hydrogens (tertiary/aromatic N) is 1. The fraction of sp³-hybridized carbons (Fsp3) is 0.364. The van der Waals surface area contributed by atoms with Gasteiger partial charge in [0.2, 0.25) is 5.91 Å². The van der Waals surface area contributed by atoms with Crippen LogP contribution in [0.15, 0.2) is 60.7 Å². The maximum absolute atomic E-state index is 13.2. The van der Waals surface area contributed by atoms with Gasteiger partial charge in [0.1, 0.15) is 12.6 Å². The van der Waals surface area contributed by atoms with E-state index in [1.807, 2.05) is 74.5 Å². The molecule has 0 saturated carbocycles. The molecule has 2 fully saturated rings. The Labute approximate surface area is 164 Å². The van der Waals surface area contributed by atoms with Crippen LogP contribution in [0.5, 0.6) is 0 Å². The predicted molar refractivity (Wildman–Crippen MR) is 103 cm³/mol. The van der Waals surface area contributed by atoms with Crippen molar-refractivity contribution in [2.75, 3.05) is 6.61 Å². The van der Waals surface area contributed by atoms with Crippen LogP contribution in [0.2, 0.25) is 0 Å². The second-order valence-electron chi connectivity index (χ2n) is 7.50. The van der Waals surface area contributed by atoms with E-state index < -0.39 is 24.5 Å². The number of hydrogen-bond donors (Lipinski definition) is 1. The highest BCUT2D eigenvalue weighted by Crippen LogP contribution is 2.36. The second-order valence-corrected chi connectivity index (χ2v) is 7.50. The zero-order valence-electron chi connectivity index (χ0n) is 15.9. The van der Waals surface area contributed by atoms with Crippen LogP contribution in [0, 0.1) is 5.92 Å². The van der Waals surface area contributed by atoms with Crippen LogP contribution in [0.3, 0.4) is 0 Å². The minimum Gasteiger partial charge on any atom is -0.447 e. The minimum absolute atomic E-state index is 0.0343. The number of rotatable bonds is 4. The lowest BCUT2D eigenvalue weighted by Gasteiger charge is -2.43. The molecule has 6 nitrogen and oxygen atoms in total. The molecule has 0 bridgehead atoms. The Morgan fingerprint density at radius 1 is 0.964 bits per heavy atom. The molecule has 146 valence electrons. The van der Waals surface area contributed by atoms with E-state index in [0.717, 1.165) is 11.1 Å². The summed E-state index contributed by atoms with van der Waals surface area (Å²) in [6.45, 7) is 4.22. The average molecular weight is 380 g/mol. The van der Waals surface area contributed by atoms with Gasteiger partial charge in [0.25, 0.3) is 0 Å². The molecule has 2 saturated heterocycles. The number of hydrogen-bond acceptors (Lipinski definition) is 4. The first-order valence-corrected chi connectivity index (χ1v) is 9.57. The second kappa shape index (κ2) is 7.64. The van der Waals surface area contributed by atoms with Crippen LogP contribution in [0.25, 0.3) is 0 Å². The van der Waals surface area contributed by atoms with Crippen molar-refractivity contribution in [1.29, 1.82) is 0 Å². The third kappa shape index (κ3) is 3.36. The van der Waals surface area contributed by atoms with E-state index in [9.17, 15) is 9.59 Å². The van der Waals surface area contributed by atoms with Gasteiger partial charge in [-0.3, -0.25) is 9.69 Å². The molecule has 2 amide bonds. The Bertz CT molecular complexity index is 840. The quantitative estimate of drug-likeness (QED) is 0.883. The molecule has 0 aliphatic carbocycles. The number of carbonyl (C=O) groups excluding carboxylic acids is 2. The van der Waals surface area contributed by atoms with E-state index in [0.29, 0.717) is 0 Å².